The molecule has 0 atom stereocenters. The molecule has 0 radical (unpaired) electrons. The molecule has 2 aromatic carbocycles. The lowest BCUT2D eigenvalue weighted by atomic mass is 10.1. The van der Waals surface area contributed by atoms with Gasteiger partial charge in [-0.2, -0.15) is 0 Å². The number of hydrogen-bond donors (Lipinski definition) is 1. The van der Waals surface area contributed by atoms with E-state index in [2.05, 4.69) is 0 Å². The van der Waals surface area contributed by atoms with Crippen molar-refractivity contribution in [3.63, 3.8) is 0 Å². The van der Waals surface area contributed by atoms with Crippen LogP contribution in [0, 0.1) is 10.1 Å². The van der Waals surface area contributed by atoms with Crippen molar-refractivity contribution >= 4 is 12.0 Å². The minimum absolute atomic E-state index is 0.0137. The minimum Gasteiger partial charge on any atom is -0.457 e. The first-order chi connectivity index (χ1) is 10.2. The van der Waals surface area contributed by atoms with Crippen LogP contribution in [-0.2, 0) is 6.42 Å². The van der Waals surface area contributed by atoms with Crippen molar-refractivity contribution in [2.75, 3.05) is 6.61 Å². The van der Waals surface area contributed by atoms with Gasteiger partial charge >= 0.3 is 0 Å². The molecule has 6 nitrogen and oxygen atoms in total. The lowest BCUT2D eigenvalue weighted by molar-refractivity contribution is -0.385. The van der Waals surface area contributed by atoms with Crippen molar-refractivity contribution in [2.24, 2.45) is 0 Å². The largest absolute Gasteiger partial charge is 0.457 e. The predicted octanol–water partition coefficient (Wildman–Crippen LogP) is 2.73. The Kier molecular flexibility index (Phi) is 4.63. The molecule has 6 heteroatoms. The zero-order chi connectivity index (χ0) is 15.2. The zero-order valence-electron chi connectivity index (χ0n) is 11.1. The predicted molar refractivity (Wildman–Crippen MR) is 75.8 cm³/mol. The van der Waals surface area contributed by atoms with E-state index in [0.717, 1.165) is 5.56 Å². The molecular formula is C15H13NO5. The van der Waals surface area contributed by atoms with E-state index in [1.165, 1.54) is 18.2 Å². The van der Waals surface area contributed by atoms with Gasteiger partial charge in [0.05, 0.1) is 10.5 Å². The maximum atomic E-state index is 10.9. The number of hydrogen-bond acceptors (Lipinski definition) is 5. The number of aldehydes is 1. The molecule has 0 spiro atoms. The first kappa shape index (κ1) is 14.7. The Bertz CT molecular complexity index is 669. The summed E-state index contributed by atoms with van der Waals surface area (Å²) >= 11 is 0. The lowest BCUT2D eigenvalue weighted by Gasteiger charge is -2.10. The third-order valence-corrected chi connectivity index (χ3v) is 2.90. The molecular weight excluding hydrogens is 274 g/mol. The van der Waals surface area contributed by atoms with Crippen LogP contribution in [0.2, 0.25) is 0 Å². The van der Waals surface area contributed by atoms with Gasteiger partial charge in [-0.1, -0.05) is 18.2 Å². The Morgan fingerprint density at radius 3 is 2.67 bits per heavy atom. The Morgan fingerprint density at radius 1 is 1.24 bits per heavy atom. The molecule has 2 rings (SSSR count). The van der Waals surface area contributed by atoms with Gasteiger partial charge in [0, 0.05) is 12.7 Å². The Hall–Kier alpha value is -2.73. The summed E-state index contributed by atoms with van der Waals surface area (Å²) in [6.07, 6.45) is 0.855. The van der Waals surface area contributed by atoms with E-state index >= 15 is 0 Å². The van der Waals surface area contributed by atoms with Gasteiger partial charge in [-0.15, -0.1) is 0 Å². The number of aliphatic hydroxyl groups is 1. The van der Waals surface area contributed by atoms with E-state index in [1.807, 2.05) is 12.1 Å². The summed E-state index contributed by atoms with van der Waals surface area (Å²) in [5, 5.41) is 19.8. The fourth-order valence-electron chi connectivity index (χ4n) is 1.91. The standard InChI is InChI=1S/C15H13NO5/c17-8-7-11-3-1-2-4-15(11)21-13-5-6-14(16(19)20)12(9-13)10-18/h1-6,9-10,17H,7-8H2. The SMILES string of the molecule is O=Cc1cc(Oc2ccccc2CCO)ccc1[N+](=O)[O-]. The van der Waals surface area contributed by atoms with Crippen LogP contribution in [0.4, 0.5) is 5.69 Å². The molecule has 0 bridgehead atoms. The summed E-state index contributed by atoms with van der Waals surface area (Å²) in [5.41, 5.74) is 0.504. The van der Waals surface area contributed by atoms with Gasteiger partial charge in [0.1, 0.15) is 11.5 Å². The molecule has 0 fully saturated rings. The van der Waals surface area contributed by atoms with Crippen molar-refractivity contribution in [3.8, 4) is 11.5 Å². The summed E-state index contributed by atoms with van der Waals surface area (Å²) in [5.74, 6) is 0.866. The van der Waals surface area contributed by atoms with Gasteiger partial charge in [0.15, 0.2) is 6.29 Å². The molecule has 0 aliphatic heterocycles. The van der Waals surface area contributed by atoms with Crippen molar-refractivity contribution in [2.45, 2.75) is 6.42 Å². The molecule has 0 amide bonds. The minimum atomic E-state index is -0.618. The van der Waals surface area contributed by atoms with Crippen molar-refractivity contribution in [3.05, 3.63) is 63.7 Å². The molecule has 0 heterocycles. The number of nitro groups is 1. The van der Waals surface area contributed by atoms with E-state index in [0.29, 0.717) is 24.2 Å². The van der Waals surface area contributed by atoms with Crippen LogP contribution in [-0.4, -0.2) is 22.9 Å². The molecule has 2 aromatic rings. The molecule has 1 N–H and O–H groups in total. The fourth-order valence-corrected chi connectivity index (χ4v) is 1.91. The van der Waals surface area contributed by atoms with E-state index in [9.17, 15) is 14.9 Å². The molecule has 21 heavy (non-hydrogen) atoms. The Labute approximate surface area is 120 Å². The number of nitro benzene ring substituents is 1. The van der Waals surface area contributed by atoms with Crippen LogP contribution in [0.5, 0.6) is 11.5 Å². The van der Waals surface area contributed by atoms with E-state index in [1.54, 1.807) is 12.1 Å². The molecule has 0 aliphatic rings. The highest BCUT2D eigenvalue weighted by Crippen LogP contribution is 2.29. The van der Waals surface area contributed by atoms with Gasteiger partial charge < -0.3 is 9.84 Å². The fraction of sp³-hybridized carbons (Fsp3) is 0.133. The van der Waals surface area contributed by atoms with Gasteiger partial charge in [-0.3, -0.25) is 14.9 Å². The first-order valence-corrected chi connectivity index (χ1v) is 6.26. The monoisotopic (exact) mass is 287 g/mol. The number of carbonyl (C=O) groups excluding carboxylic acids is 1. The third kappa shape index (κ3) is 3.43. The lowest BCUT2D eigenvalue weighted by Crippen LogP contribution is -1.97. The molecule has 0 saturated heterocycles. The summed E-state index contributed by atoms with van der Waals surface area (Å²) in [6, 6.07) is 11.1. The number of benzene rings is 2. The molecule has 0 unspecified atom stereocenters. The molecule has 0 saturated carbocycles. The van der Waals surface area contributed by atoms with Crippen LogP contribution >= 0.6 is 0 Å². The van der Waals surface area contributed by atoms with Crippen LogP contribution in [0.1, 0.15) is 15.9 Å². The van der Waals surface area contributed by atoms with Gasteiger partial charge in [0.25, 0.3) is 5.69 Å². The van der Waals surface area contributed by atoms with E-state index < -0.39 is 4.92 Å². The maximum absolute atomic E-state index is 10.9. The number of para-hydroxylation sites is 1. The van der Waals surface area contributed by atoms with Gasteiger partial charge in [-0.25, -0.2) is 0 Å². The second-order valence-corrected chi connectivity index (χ2v) is 4.28. The second kappa shape index (κ2) is 6.62. The summed E-state index contributed by atoms with van der Waals surface area (Å²) in [4.78, 5) is 21.1. The average molecular weight is 287 g/mol. The van der Waals surface area contributed by atoms with Gasteiger partial charge in [0.2, 0.25) is 0 Å². The van der Waals surface area contributed by atoms with Crippen LogP contribution in [0.25, 0.3) is 0 Å². The molecule has 0 aliphatic carbocycles. The quantitative estimate of drug-likeness (QED) is 0.501. The Balaban J connectivity index is 2.32. The number of carbonyl (C=O) groups is 1. The van der Waals surface area contributed by atoms with E-state index in [-0.39, 0.29) is 17.9 Å². The highest BCUT2D eigenvalue weighted by molar-refractivity contribution is 5.82. The zero-order valence-corrected chi connectivity index (χ0v) is 11.1. The number of rotatable bonds is 6. The van der Waals surface area contributed by atoms with E-state index in [4.69, 9.17) is 9.84 Å². The van der Waals surface area contributed by atoms with Crippen LogP contribution < -0.4 is 4.74 Å². The van der Waals surface area contributed by atoms with Crippen LogP contribution in [0.15, 0.2) is 42.5 Å². The third-order valence-electron chi connectivity index (χ3n) is 2.90. The second-order valence-electron chi connectivity index (χ2n) is 4.28. The van der Waals surface area contributed by atoms with Gasteiger partial charge in [-0.05, 0) is 30.2 Å². The van der Waals surface area contributed by atoms with Crippen molar-refractivity contribution in [1.29, 1.82) is 0 Å². The summed E-state index contributed by atoms with van der Waals surface area (Å²) in [7, 11) is 0. The van der Waals surface area contributed by atoms with Crippen molar-refractivity contribution < 1.29 is 19.6 Å². The smallest absolute Gasteiger partial charge is 0.280 e. The summed E-state index contributed by atoms with van der Waals surface area (Å²) < 4.78 is 5.65. The average Bonchev–Trinajstić information content (AvgIpc) is 2.49. The Morgan fingerprint density at radius 2 is 2.00 bits per heavy atom. The number of aliphatic hydroxyl groups excluding tert-OH is 1. The normalized spacial score (nSPS) is 10.1. The topological polar surface area (TPSA) is 89.7 Å². The number of nitrogens with zero attached hydrogens (tertiary/aromatic N) is 1. The summed E-state index contributed by atoms with van der Waals surface area (Å²) in [6.45, 7) is -0.0137. The molecule has 0 aromatic heterocycles. The maximum Gasteiger partial charge on any atom is 0.280 e. The van der Waals surface area contributed by atoms with Crippen molar-refractivity contribution in [1.82, 2.24) is 0 Å². The number of ether oxygens (including phenoxy) is 1. The molecule has 108 valence electrons. The van der Waals surface area contributed by atoms with Crippen LogP contribution in [0.3, 0.4) is 0 Å². The highest BCUT2D eigenvalue weighted by Gasteiger charge is 2.14. The highest BCUT2D eigenvalue weighted by atomic mass is 16.6. The first-order valence-electron chi connectivity index (χ1n) is 6.26.